The van der Waals surface area contributed by atoms with Crippen molar-refractivity contribution in [2.24, 2.45) is 0 Å². The van der Waals surface area contributed by atoms with Gasteiger partial charge in [-0.2, -0.15) is 0 Å². The maximum atomic E-state index is 13.1. The minimum atomic E-state index is -0.290. The van der Waals surface area contributed by atoms with E-state index in [1.165, 1.54) is 0 Å². The third-order valence-corrected chi connectivity index (χ3v) is 5.06. The van der Waals surface area contributed by atoms with Crippen molar-refractivity contribution < 1.29 is 23.4 Å². The number of hydrogen-bond donors (Lipinski definition) is 1. The highest BCUT2D eigenvalue weighted by atomic mass is 16.7. The fourth-order valence-electron chi connectivity index (χ4n) is 3.57. The lowest BCUT2D eigenvalue weighted by atomic mass is 10.0. The Bertz CT molecular complexity index is 1230. The molecular weight excluding hydrogens is 382 g/mol. The molecule has 3 aromatic carbocycles. The maximum Gasteiger partial charge on any atom is 0.287 e. The summed E-state index contributed by atoms with van der Waals surface area (Å²) >= 11 is 0. The molecule has 0 fully saturated rings. The van der Waals surface area contributed by atoms with E-state index in [0.717, 1.165) is 22.1 Å². The minimum Gasteiger partial charge on any atom is -0.497 e. The van der Waals surface area contributed by atoms with Crippen LogP contribution >= 0.6 is 0 Å². The van der Waals surface area contributed by atoms with E-state index in [4.69, 9.17) is 18.6 Å². The lowest BCUT2D eigenvalue weighted by Gasteiger charge is -2.07. The van der Waals surface area contributed by atoms with Crippen molar-refractivity contribution >= 4 is 16.9 Å². The van der Waals surface area contributed by atoms with Crippen LogP contribution in [0, 0.1) is 0 Å². The van der Waals surface area contributed by atoms with Gasteiger partial charge in [0.25, 0.3) is 5.91 Å². The number of hydrogen-bond acceptors (Lipinski definition) is 5. The minimum absolute atomic E-state index is 0.216. The van der Waals surface area contributed by atoms with Gasteiger partial charge in [-0.15, -0.1) is 0 Å². The number of nitrogens with one attached hydrogen (secondary N) is 1. The van der Waals surface area contributed by atoms with Crippen molar-refractivity contribution in [2.75, 3.05) is 13.9 Å². The normalized spacial score (nSPS) is 12.2. The van der Waals surface area contributed by atoms with E-state index < -0.39 is 0 Å². The molecule has 1 aliphatic heterocycles. The molecule has 1 amide bonds. The monoisotopic (exact) mass is 401 g/mol. The summed E-state index contributed by atoms with van der Waals surface area (Å²) in [4.78, 5) is 13.1. The summed E-state index contributed by atoms with van der Waals surface area (Å²) in [5.74, 6) is 2.04. The van der Waals surface area contributed by atoms with Crippen LogP contribution in [0.2, 0.25) is 0 Å². The molecule has 0 saturated carbocycles. The molecule has 6 heteroatoms. The van der Waals surface area contributed by atoms with E-state index in [-0.39, 0.29) is 18.5 Å². The zero-order chi connectivity index (χ0) is 20.5. The van der Waals surface area contributed by atoms with Gasteiger partial charge in [0.05, 0.1) is 7.11 Å². The van der Waals surface area contributed by atoms with Gasteiger partial charge in [-0.05, 0) is 35.4 Å². The molecule has 0 spiro atoms. The Balaban J connectivity index is 1.48. The topological polar surface area (TPSA) is 69.9 Å². The molecule has 30 heavy (non-hydrogen) atoms. The fraction of sp³-hybridized carbons (Fsp3) is 0.125. The van der Waals surface area contributed by atoms with Gasteiger partial charge < -0.3 is 23.9 Å². The number of fused-ring (bicyclic) bond motifs is 2. The van der Waals surface area contributed by atoms with Gasteiger partial charge >= 0.3 is 0 Å². The van der Waals surface area contributed by atoms with Crippen LogP contribution in [-0.2, 0) is 6.54 Å². The van der Waals surface area contributed by atoms with Crippen LogP contribution in [0.5, 0.6) is 17.2 Å². The highest BCUT2D eigenvalue weighted by Gasteiger charge is 2.22. The van der Waals surface area contributed by atoms with Crippen LogP contribution in [0.1, 0.15) is 16.1 Å². The summed E-state index contributed by atoms with van der Waals surface area (Å²) < 4.78 is 22.0. The van der Waals surface area contributed by atoms with Crippen LogP contribution < -0.4 is 19.5 Å². The van der Waals surface area contributed by atoms with Crippen LogP contribution in [0.4, 0.5) is 0 Å². The Kier molecular flexibility index (Phi) is 4.52. The lowest BCUT2D eigenvalue weighted by molar-refractivity contribution is 0.0926. The van der Waals surface area contributed by atoms with E-state index in [1.807, 2.05) is 60.7 Å². The molecule has 1 N–H and O–H groups in total. The standard InChI is InChI=1S/C24H19NO5/c1-27-17-8-9-18-20(12-17)30-23(22(18)16-5-3-2-4-6-16)24(26)25-13-15-7-10-19-21(11-15)29-14-28-19/h2-12H,13-14H2,1H3,(H,25,26). The summed E-state index contributed by atoms with van der Waals surface area (Å²) in [6.45, 7) is 0.554. The van der Waals surface area contributed by atoms with Gasteiger partial charge in [0, 0.05) is 23.6 Å². The molecule has 0 atom stereocenters. The molecule has 1 aromatic heterocycles. The average molecular weight is 401 g/mol. The number of benzene rings is 3. The van der Waals surface area contributed by atoms with E-state index in [1.54, 1.807) is 13.2 Å². The first-order valence-electron chi connectivity index (χ1n) is 9.55. The van der Waals surface area contributed by atoms with Crippen molar-refractivity contribution in [1.82, 2.24) is 5.32 Å². The number of carbonyl (C=O) groups excluding carboxylic acids is 1. The smallest absolute Gasteiger partial charge is 0.287 e. The van der Waals surface area contributed by atoms with Crippen molar-refractivity contribution in [1.29, 1.82) is 0 Å². The van der Waals surface area contributed by atoms with Gasteiger partial charge in [0.2, 0.25) is 12.6 Å². The molecule has 6 nitrogen and oxygen atoms in total. The molecule has 5 rings (SSSR count). The zero-order valence-electron chi connectivity index (χ0n) is 16.3. The van der Waals surface area contributed by atoms with Crippen molar-refractivity contribution in [3.05, 3.63) is 78.1 Å². The number of amides is 1. The Hall–Kier alpha value is -3.93. The summed E-state index contributed by atoms with van der Waals surface area (Å²) in [6, 6.07) is 20.9. The molecule has 0 saturated heterocycles. The third-order valence-electron chi connectivity index (χ3n) is 5.06. The molecule has 0 unspecified atom stereocenters. The highest BCUT2D eigenvalue weighted by Crippen LogP contribution is 2.37. The van der Waals surface area contributed by atoms with Crippen LogP contribution in [0.15, 0.2) is 71.1 Å². The van der Waals surface area contributed by atoms with Crippen molar-refractivity contribution in [3.63, 3.8) is 0 Å². The average Bonchev–Trinajstić information content (AvgIpc) is 3.41. The quantitative estimate of drug-likeness (QED) is 0.522. The summed E-state index contributed by atoms with van der Waals surface area (Å²) in [5, 5.41) is 3.80. The number of methoxy groups -OCH3 is 1. The first kappa shape index (κ1) is 18.1. The zero-order valence-corrected chi connectivity index (χ0v) is 16.3. The Morgan fingerprint density at radius 2 is 1.83 bits per heavy atom. The predicted molar refractivity (Wildman–Crippen MR) is 112 cm³/mol. The van der Waals surface area contributed by atoms with Crippen LogP contribution in [0.25, 0.3) is 22.1 Å². The molecule has 150 valence electrons. The second kappa shape index (κ2) is 7.48. The van der Waals surface area contributed by atoms with E-state index in [0.29, 0.717) is 29.4 Å². The molecule has 4 aromatic rings. The van der Waals surface area contributed by atoms with Gasteiger partial charge in [0.1, 0.15) is 11.3 Å². The second-order valence-corrected chi connectivity index (χ2v) is 6.90. The third kappa shape index (κ3) is 3.22. The number of rotatable bonds is 5. The molecule has 1 aliphatic rings. The van der Waals surface area contributed by atoms with Gasteiger partial charge in [0.15, 0.2) is 11.5 Å². The lowest BCUT2D eigenvalue weighted by Crippen LogP contribution is -2.22. The first-order valence-corrected chi connectivity index (χ1v) is 9.55. The van der Waals surface area contributed by atoms with Crippen molar-refractivity contribution in [3.8, 4) is 28.4 Å². The molecule has 0 radical (unpaired) electrons. The fourth-order valence-corrected chi connectivity index (χ4v) is 3.57. The largest absolute Gasteiger partial charge is 0.497 e. The van der Waals surface area contributed by atoms with Gasteiger partial charge in [-0.3, -0.25) is 4.79 Å². The van der Waals surface area contributed by atoms with Crippen LogP contribution in [0.3, 0.4) is 0 Å². The summed E-state index contributed by atoms with van der Waals surface area (Å²) in [7, 11) is 1.60. The van der Waals surface area contributed by atoms with E-state index in [2.05, 4.69) is 5.32 Å². The second-order valence-electron chi connectivity index (χ2n) is 6.90. The first-order chi connectivity index (χ1) is 14.7. The number of ether oxygens (including phenoxy) is 3. The van der Waals surface area contributed by atoms with Crippen molar-refractivity contribution in [2.45, 2.75) is 6.54 Å². The summed E-state index contributed by atoms with van der Waals surface area (Å²) in [5.41, 5.74) is 3.18. The maximum absolute atomic E-state index is 13.1. The predicted octanol–water partition coefficient (Wildman–Crippen LogP) is 4.77. The van der Waals surface area contributed by atoms with Gasteiger partial charge in [-0.1, -0.05) is 36.4 Å². The molecule has 2 heterocycles. The Morgan fingerprint density at radius 1 is 1.00 bits per heavy atom. The Morgan fingerprint density at radius 3 is 2.67 bits per heavy atom. The Labute approximate surface area is 173 Å². The number of furan rings is 1. The number of carbonyl (C=O) groups is 1. The highest BCUT2D eigenvalue weighted by molar-refractivity contribution is 6.08. The van der Waals surface area contributed by atoms with E-state index >= 15 is 0 Å². The SMILES string of the molecule is COc1ccc2c(-c3ccccc3)c(C(=O)NCc3ccc4c(c3)OCO4)oc2c1. The molecule has 0 aliphatic carbocycles. The van der Waals surface area contributed by atoms with E-state index in [9.17, 15) is 4.79 Å². The molecular formula is C24H19NO5. The molecule has 0 bridgehead atoms. The summed E-state index contributed by atoms with van der Waals surface area (Å²) in [6.07, 6.45) is 0. The van der Waals surface area contributed by atoms with Gasteiger partial charge in [-0.25, -0.2) is 0 Å². The van der Waals surface area contributed by atoms with Crippen LogP contribution in [-0.4, -0.2) is 19.8 Å².